The minimum atomic E-state index is -3.50. The zero-order chi connectivity index (χ0) is 23.1. The van der Waals surface area contributed by atoms with Gasteiger partial charge in [-0.25, -0.2) is 8.42 Å². The van der Waals surface area contributed by atoms with Gasteiger partial charge in [-0.2, -0.15) is 4.31 Å². The number of hydrogen-bond acceptors (Lipinski definition) is 6. The van der Waals surface area contributed by atoms with Crippen molar-refractivity contribution in [2.75, 3.05) is 38.2 Å². The molecule has 32 heavy (non-hydrogen) atoms. The molecule has 2 aromatic carbocycles. The lowest BCUT2D eigenvalue weighted by atomic mass is 10.1. The van der Waals surface area contributed by atoms with Crippen LogP contribution >= 0.6 is 0 Å². The lowest BCUT2D eigenvalue weighted by molar-refractivity contribution is 0.102. The van der Waals surface area contributed by atoms with E-state index in [-0.39, 0.29) is 10.8 Å². The fourth-order valence-electron chi connectivity index (χ4n) is 3.51. The largest absolute Gasteiger partial charge is 0.490 e. The maximum absolute atomic E-state index is 12.9. The first-order valence-corrected chi connectivity index (χ1v) is 12.3. The first-order valence-electron chi connectivity index (χ1n) is 10.9. The van der Waals surface area contributed by atoms with Gasteiger partial charge in [0.25, 0.3) is 5.91 Å². The molecule has 3 rings (SSSR count). The van der Waals surface area contributed by atoms with Gasteiger partial charge < -0.3 is 19.5 Å². The number of nitrogens with zero attached hydrogens (tertiary/aromatic N) is 1. The number of anilines is 1. The Morgan fingerprint density at radius 3 is 1.94 bits per heavy atom. The SMILES string of the molecule is CCOc1cc(C(=O)Nc2ccc(S(=O)(=O)N3CCCC3)cc2)cc(OCC)c1OCC. The van der Waals surface area contributed by atoms with Crippen LogP contribution in [-0.4, -0.2) is 51.5 Å². The highest BCUT2D eigenvalue weighted by Crippen LogP contribution is 2.39. The fourth-order valence-corrected chi connectivity index (χ4v) is 5.03. The van der Waals surface area contributed by atoms with Crippen LogP contribution in [0.25, 0.3) is 0 Å². The molecule has 8 nitrogen and oxygen atoms in total. The summed E-state index contributed by atoms with van der Waals surface area (Å²) >= 11 is 0. The summed E-state index contributed by atoms with van der Waals surface area (Å²) in [6, 6.07) is 9.42. The van der Waals surface area contributed by atoms with Gasteiger partial charge in [-0.1, -0.05) is 0 Å². The summed E-state index contributed by atoms with van der Waals surface area (Å²) in [6.07, 6.45) is 1.76. The van der Waals surface area contributed by atoms with Crippen LogP contribution in [0.15, 0.2) is 41.3 Å². The molecule has 1 aliphatic rings. The van der Waals surface area contributed by atoms with Gasteiger partial charge in [0.1, 0.15) is 0 Å². The lowest BCUT2D eigenvalue weighted by Crippen LogP contribution is -2.27. The monoisotopic (exact) mass is 462 g/mol. The topological polar surface area (TPSA) is 94.2 Å². The number of nitrogens with one attached hydrogen (secondary N) is 1. The number of ether oxygens (including phenoxy) is 3. The quantitative estimate of drug-likeness (QED) is 0.575. The molecule has 1 heterocycles. The van der Waals surface area contributed by atoms with Crippen molar-refractivity contribution in [3.8, 4) is 17.2 Å². The van der Waals surface area contributed by atoms with Gasteiger partial charge in [-0.15, -0.1) is 0 Å². The predicted molar refractivity (Wildman–Crippen MR) is 122 cm³/mol. The van der Waals surface area contributed by atoms with Crippen molar-refractivity contribution < 1.29 is 27.4 Å². The Morgan fingerprint density at radius 1 is 0.906 bits per heavy atom. The molecule has 9 heteroatoms. The average Bonchev–Trinajstić information content (AvgIpc) is 3.32. The second kappa shape index (κ2) is 10.7. The van der Waals surface area contributed by atoms with E-state index in [1.807, 2.05) is 20.8 Å². The number of benzene rings is 2. The molecule has 1 N–H and O–H groups in total. The van der Waals surface area contributed by atoms with Crippen LogP contribution in [0.4, 0.5) is 5.69 Å². The standard InChI is InChI=1S/C23H30N2O6S/c1-4-29-20-15-17(16-21(30-5-2)22(20)31-6-3)23(26)24-18-9-11-19(12-10-18)32(27,28)25-13-7-8-14-25/h9-12,15-16H,4-8,13-14H2,1-3H3,(H,24,26). The summed E-state index contributed by atoms with van der Waals surface area (Å²) in [6.45, 7) is 7.89. The third-order valence-electron chi connectivity index (χ3n) is 4.99. The van der Waals surface area contributed by atoms with Crippen molar-refractivity contribution in [1.82, 2.24) is 4.31 Å². The number of amides is 1. The Kier molecular flexibility index (Phi) is 7.98. The number of hydrogen-bond donors (Lipinski definition) is 1. The number of carbonyl (C=O) groups is 1. The van der Waals surface area contributed by atoms with Crippen molar-refractivity contribution in [1.29, 1.82) is 0 Å². The molecular weight excluding hydrogens is 432 g/mol. The van der Waals surface area contributed by atoms with Gasteiger partial charge in [-0.3, -0.25) is 4.79 Å². The summed E-state index contributed by atoms with van der Waals surface area (Å²) < 4.78 is 43.8. The molecule has 0 radical (unpaired) electrons. The molecule has 1 saturated heterocycles. The van der Waals surface area contributed by atoms with Crippen LogP contribution in [-0.2, 0) is 10.0 Å². The van der Waals surface area contributed by atoms with E-state index in [4.69, 9.17) is 14.2 Å². The molecule has 1 amide bonds. The maximum atomic E-state index is 12.9. The Balaban J connectivity index is 1.81. The van der Waals surface area contributed by atoms with E-state index in [2.05, 4.69) is 5.32 Å². The molecular formula is C23H30N2O6S. The smallest absolute Gasteiger partial charge is 0.255 e. The first-order chi connectivity index (χ1) is 15.4. The summed E-state index contributed by atoms with van der Waals surface area (Å²) in [5.74, 6) is 0.948. The molecule has 0 spiro atoms. The van der Waals surface area contributed by atoms with Gasteiger partial charge in [0.2, 0.25) is 15.8 Å². The van der Waals surface area contributed by atoms with Crippen LogP contribution in [0.1, 0.15) is 44.0 Å². The van der Waals surface area contributed by atoms with E-state index in [0.717, 1.165) is 12.8 Å². The Labute approximate surface area is 189 Å². The molecule has 0 unspecified atom stereocenters. The average molecular weight is 463 g/mol. The number of carbonyl (C=O) groups excluding carboxylic acids is 1. The van der Waals surface area contributed by atoms with Crippen LogP contribution < -0.4 is 19.5 Å². The molecule has 0 bridgehead atoms. The van der Waals surface area contributed by atoms with Crippen LogP contribution in [0, 0.1) is 0 Å². The van der Waals surface area contributed by atoms with Crippen LogP contribution in [0.2, 0.25) is 0 Å². The van der Waals surface area contributed by atoms with Crippen molar-refractivity contribution in [2.24, 2.45) is 0 Å². The van der Waals surface area contributed by atoms with Crippen molar-refractivity contribution in [2.45, 2.75) is 38.5 Å². The van der Waals surface area contributed by atoms with Crippen molar-refractivity contribution in [3.05, 3.63) is 42.0 Å². The molecule has 0 saturated carbocycles. The molecule has 0 aliphatic carbocycles. The Bertz CT molecular complexity index is 1000. The highest BCUT2D eigenvalue weighted by Gasteiger charge is 2.27. The summed E-state index contributed by atoms with van der Waals surface area (Å²) in [7, 11) is -3.50. The van der Waals surface area contributed by atoms with Gasteiger partial charge in [-0.05, 0) is 70.0 Å². The minimum absolute atomic E-state index is 0.218. The van der Waals surface area contributed by atoms with E-state index >= 15 is 0 Å². The van der Waals surface area contributed by atoms with Gasteiger partial charge >= 0.3 is 0 Å². The predicted octanol–water partition coefficient (Wildman–Crippen LogP) is 3.92. The van der Waals surface area contributed by atoms with E-state index < -0.39 is 10.0 Å². The molecule has 1 fully saturated rings. The molecule has 1 aliphatic heterocycles. The van der Waals surface area contributed by atoms with Gasteiger partial charge in [0.05, 0.1) is 24.7 Å². The zero-order valence-electron chi connectivity index (χ0n) is 18.7. The lowest BCUT2D eigenvalue weighted by Gasteiger charge is -2.17. The number of rotatable bonds is 10. The summed E-state index contributed by atoms with van der Waals surface area (Å²) in [4.78, 5) is 13.1. The van der Waals surface area contributed by atoms with Crippen LogP contribution in [0.5, 0.6) is 17.2 Å². The van der Waals surface area contributed by atoms with E-state index in [1.165, 1.54) is 16.4 Å². The highest BCUT2D eigenvalue weighted by atomic mass is 32.2. The van der Waals surface area contributed by atoms with Gasteiger partial charge in [0, 0.05) is 24.3 Å². The second-order valence-corrected chi connectivity index (χ2v) is 9.13. The van der Waals surface area contributed by atoms with E-state index in [0.29, 0.717) is 61.4 Å². The van der Waals surface area contributed by atoms with Gasteiger partial charge in [0.15, 0.2) is 11.5 Å². The maximum Gasteiger partial charge on any atom is 0.255 e. The second-order valence-electron chi connectivity index (χ2n) is 7.19. The van der Waals surface area contributed by atoms with Crippen LogP contribution in [0.3, 0.4) is 0 Å². The molecule has 2 aromatic rings. The third-order valence-corrected chi connectivity index (χ3v) is 6.90. The fraction of sp³-hybridized carbons (Fsp3) is 0.435. The minimum Gasteiger partial charge on any atom is -0.490 e. The van der Waals surface area contributed by atoms with Crippen molar-refractivity contribution in [3.63, 3.8) is 0 Å². The van der Waals surface area contributed by atoms with E-state index in [1.54, 1.807) is 24.3 Å². The third kappa shape index (κ3) is 5.34. The molecule has 0 aromatic heterocycles. The Morgan fingerprint density at radius 2 is 1.44 bits per heavy atom. The highest BCUT2D eigenvalue weighted by molar-refractivity contribution is 7.89. The van der Waals surface area contributed by atoms with E-state index in [9.17, 15) is 13.2 Å². The summed E-state index contributed by atoms with van der Waals surface area (Å²) in [5, 5.41) is 2.80. The summed E-state index contributed by atoms with van der Waals surface area (Å²) in [5.41, 5.74) is 0.828. The zero-order valence-corrected chi connectivity index (χ0v) is 19.5. The first kappa shape index (κ1) is 23.9. The normalized spacial score (nSPS) is 14.2. The van der Waals surface area contributed by atoms with Crippen molar-refractivity contribution >= 4 is 21.6 Å². The molecule has 174 valence electrons. The molecule has 0 atom stereocenters. The Hall–Kier alpha value is -2.78. The number of sulfonamides is 1.